The number of hydrogen-bond acceptors (Lipinski definition) is 3. The molecule has 1 aromatic carbocycles. The molecule has 14 heavy (non-hydrogen) atoms. The number of benzene rings is 1. The number of fused-ring (bicyclic) bond motifs is 1. The molecular weight excluding hydrogens is 178 g/mol. The largest absolute Gasteiger partial charge is 0.487 e. The minimum atomic E-state index is 0.174. The first-order chi connectivity index (χ1) is 6.65. The first-order valence-electron chi connectivity index (χ1n) is 4.88. The van der Waals surface area contributed by atoms with Gasteiger partial charge in [-0.1, -0.05) is 0 Å². The van der Waals surface area contributed by atoms with Crippen molar-refractivity contribution in [3.8, 4) is 11.5 Å². The van der Waals surface area contributed by atoms with Crippen molar-refractivity contribution in [2.45, 2.75) is 32.5 Å². The van der Waals surface area contributed by atoms with Gasteiger partial charge in [0.1, 0.15) is 0 Å². The normalized spacial score (nSPS) is 25.6. The zero-order chi connectivity index (χ0) is 10.1. The first-order valence-corrected chi connectivity index (χ1v) is 4.88. The van der Waals surface area contributed by atoms with Gasteiger partial charge in [0, 0.05) is 18.2 Å². The van der Waals surface area contributed by atoms with E-state index in [0.29, 0.717) is 5.69 Å². The Morgan fingerprint density at radius 1 is 1.14 bits per heavy atom. The van der Waals surface area contributed by atoms with Crippen LogP contribution in [-0.2, 0) is 0 Å². The summed E-state index contributed by atoms with van der Waals surface area (Å²) in [4.78, 5) is 0. The van der Waals surface area contributed by atoms with E-state index in [1.165, 1.54) is 0 Å². The van der Waals surface area contributed by atoms with Crippen molar-refractivity contribution < 1.29 is 9.47 Å². The van der Waals surface area contributed by atoms with E-state index in [9.17, 15) is 0 Å². The predicted molar refractivity (Wildman–Crippen MR) is 55.7 cm³/mol. The van der Waals surface area contributed by atoms with E-state index in [-0.39, 0.29) is 12.2 Å². The molecule has 0 amide bonds. The van der Waals surface area contributed by atoms with Gasteiger partial charge >= 0.3 is 0 Å². The van der Waals surface area contributed by atoms with Gasteiger partial charge in [0.25, 0.3) is 0 Å². The second-order valence-corrected chi connectivity index (χ2v) is 3.80. The second kappa shape index (κ2) is 3.40. The fourth-order valence-corrected chi connectivity index (χ4v) is 1.71. The maximum absolute atomic E-state index is 5.70. The molecule has 1 aliphatic heterocycles. The molecule has 0 aromatic heterocycles. The van der Waals surface area contributed by atoms with Crippen LogP contribution < -0.4 is 15.2 Å². The Hall–Kier alpha value is -1.38. The van der Waals surface area contributed by atoms with Crippen LogP contribution in [0.25, 0.3) is 0 Å². The third-order valence-electron chi connectivity index (χ3n) is 2.29. The van der Waals surface area contributed by atoms with Crippen molar-refractivity contribution in [2.24, 2.45) is 0 Å². The smallest absolute Gasteiger partial charge is 0.163 e. The Morgan fingerprint density at radius 3 is 2.50 bits per heavy atom. The third kappa shape index (κ3) is 1.76. The van der Waals surface area contributed by atoms with Crippen LogP contribution in [0.5, 0.6) is 11.5 Å². The van der Waals surface area contributed by atoms with E-state index in [1.54, 1.807) is 0 Å². The van der Waals surface area contributed by atoms with Crippen LogP contribution in [0.3, 0.4) is 0 Å². The zero-order valence-corrected chi connectivity index (χ0v) is 8.49. The highest BCUT2D eigenvalue weighted by Gasteiger charge is 2.19. The molecule has 0 saturated carbocycles. The Kier molecular flexibility index (Phi) is 2.23. The molecule has 0 radical (unpaired) electrons. The van der Waals surface area contributed by atoms with Crippen LogP contribution in [0.15, 0.2) is 18.2 Å². The Bertz CT molecular complexity index is 338. The maximum atomic E-state index is 5.70. The van der Waals surface area contributed by atoms with Crippen molar-refractivity contribution in [1.29, 1.82) is 0 Å². The number of rotatable bonds is 0. The van der Waals surface area contributed by atoms with Gasteiger partial charge in [-0.2, -0.15) is 0 Å². The molecule has 0 fully saturated rings. The van der Waals surface area contributed by atoms with Crippen LogP contribution in [-0.4, -0.2) is 12.2 Å². The quantitative estimate of drug-likeness (QED) is 0.642. The zero-order valence-electron chi connectivity index (χ0n) is 8.49. The van der Waals surface area contributed by atoms with Gasteiger partial charge in [0.15, 0.2) is 11.5 Å². The van der Waals surface area contributed by atoms with E-state index in [4.69, 9.17) is 15.2 Å². The van der Waals surface area contributed by atoms with E-state index < -0.39 is 0 Å². The molecule has 2 unspecified atom stereocenters. The van der Waals surface area contributed by atoms with Crippen LogP contribution in [0.4, 0.5) is 5.69 Å². The summed E-state index contributed by atoms with van der Waals surface area (Å²) < 4.78 is 11.4. The minimum Gasteiger partial charge on any atom is -0.487 e. The molecule has 76 valence electrons. The van der Waals surface area contributed by atoms with E-state index in [2.05, 4.69) is 0 Å². The highest BCUT2D eigenvalue weighted by molar-refractivity contribution is 5.52. The monoisotopic (exact) mass is 193 g/mol. The summed E-state index contributed by atoms with van der Waals surface area (Å²) in [5.41, 5.74) is 6.38. The lowest BCUT2D eigenvalue weighted by molar-refractivity contribution is 0.168. The highest BCUT2D eigenvalue weighted by atomic mass is 16.5. The molecule has 1 heterocycles. The SMILES string of the molecule is CC1CC(C)Oc2cc(N)ccc2O1. The summed E-state index contributed by atoms with van der Waals surface area (Å²) in [6.45, 7) is 4.09. The third-order valence-corrected chi connectivity index (χ3v) is 2.29. The summed E-state index contributed by atoms with van der Waals surface area (Å²) in [5, 5.41) is 0. The number of nitrogen functional groups attached to an aromatic ring is 1. The molecule has 1 aliphatic rings. The highest BCUT2D eigenvalue weighted by Crippen LogP contribution is 2.34. The first kappa shape index (κ1) is 9.19. The summed E-state index contributed by atoms with van der Waals surface area (Å²) in [6.07, 6.45) is 1.26. The van der Waals surface area contributed by atoms with Crippen LogP contribution in [0.2, 0.25) is 0 Å². The van der Waals surface area contributed by atoms with Gasteiger partial charge in [-0.05, 0) is 26.0 Å². The average Bonchev–Trinajstić information content (AvgIpc) is 2.21. The molecule has 3 nitrogen and oxygen atoms in total. The fourth-order valence-electron chi connectivity index (χ4n) is 1.71. The van der Waals surface area contributed by atoms with Crippen LogP contribution in [0.1, 0.15) is 20.3 Å². The Balaban J connectivity index is 2.36. The molecule has 0 aliphatic carbocycles. The molecule has 1 aromatic rings. The van der Waals surface area contributed by atoms with Gasteiger partial charge in [0.2, 0.25) is 0 Å². The van der Waals surface area contributed by atoms with Crippen LogP contribution in [0, 0.1) is 0 Å². The number of anilines is 1. The topological polar surface area (TPSA) is 44.5 Å². The van der Waals surface area contributed by atoms with Gasteiger partial charge in [0.05, 0.1) is 12.2 Å². The molecule has 3 heteroatoms. The standard InChI is InChI=1S/C11H15NO2/c1-7-5-8(2)14-11-6-9(12)3-4-10(11)13-7/h3-4,6-8H,5,12H2,1-2H3. The Labute approximate surface area is 83.8 Å². The predicted octanol–water partition coefficient (Wildman–Crippen LogP) is 2.21. The average molecular weight is 193 g/mol. The molecule has 2 atom stereocenters. The van der Waals surface area contributed by atoms with E-state index in [0.717, 1.165) is 17.9 Å². The molecular formula is C11H15NO2. The lowest BCUT2D eigenvalue weighted by Gasteiger charge is -2.11. The Morgan fingerprint density at radius 2 is 1.79 bits per heavy atom. The number of hydrogen-bond donors (Lipinski definition) is 1. The fraction of sp³-hybridized carbons (Fsp3) is 0.455. The summed E-state index contributed by atoms with van der Waals surface area (Å²) in [5.74, 6) is 1.54. The van der Waals surface area contributed by atoms with Gasteiger partial charge in [-0.15, -0.1) is 0 Å². The lowest BCUT2D eigenvalue weighted by atomic mass is 10.2. The van der Waals surface area contributed by atoms with Gasteiger partial charge < -0.3 is 15.2 Å². The number of nitrogens with two attached hydrogens (primary N) is 1. The summed E-state index contributed by atoms with van der Waals surface area (Å²) in [6, 6.07) is 5.49. The van der Waals surface area contributed by atoms with Crippen LogP contribution >= 0.6 is 0 Å². The number of ether oxygens (including phenoxy) is 2. The van der Waals surface area contributed by atoms with Crippen molar-refractivity contribution in [1.82, 2.24) is 0 Å². The van der Waals surface area contributed by atoms with E-state index >= 15 is 0 Å². The molecule has 2 N–H and O–H groups in total. The summed E-state index contributed by atoms with van der Waals surface area (Å²) >= 11 is 0. The summed E-state index contributed by atoms with van der Waals surface area (Å²) in [7, 11) is 0. The van der Waals surface area contributed by atoms with Crippen molar-refractivity contribution in [3.63, 3.8) is 0 Å². The van der Waals surface area contributed by atoms with Crippen molar-refractivity contribution >= 4 is 5.69 Å². The molecule has 2 rings (SSSR count). The van der Waals surface area contributed by atoms with Crippen molar-refractivity contribution in [2.75, 3.05) is 5.73 Å². The van der Waals surface area contributed by atoms with Crippen molar-refractivity contribution in [3.05, 3.63) is 18.2 Å². The molecule has 0 saturated heterocycles. The van der Waals surface area contributed by atoms with Gasteiger partial charge in [-0.25, -0.2) is 0 Å². The maximum Gasteiger partial charge on any atom is 0.163 e. The second-order valence-electron chi connectivity index (χ2n) is 3.80. The molecule has 0 spiro atoms. The lowest BCUT2D eigenvalue weighted by Crippen LogP contribution is -2.18. The van der Waals surface area contributed by atoms with E-state index in [1.807, 2.05) is 32.0 Å². The molecule has 0 bridgehead atoms. The minimum absolute atomic E-state index is 0.174. The van der Waals surface area contributed by atoms with Gasteiger partial charge in [-0.3, -0.25) is 0 Å².